The van der Waals surface area contributed by atoms with E-state index in [1.165, 1.54) is 27.8 Å². The Balaban J connectivity index is 2.14. The first-order valence-electron chi connectivity index (χ1n) is 10.8. The van der Waals surface area contributed by atoms with E-state index < -0.39 is 7.14 Å². The summed E-state index contributed by atoms with van der Waals surface area (Å²) in [5.74, 6) is 0. The van der Waals surface area contributed by atoms with Gasteiger partial charge in [-0.25, -0.2) is 0 Å². The van der Waals surface area contributed by atoms with E-state index in [4.69, 9.17) is 0 Å². The molecule has 0 heterocycles. The Hall–Kier alpha value is -2.89. The summed E-state index contributed by atoms with van der Waals surface area (Å²) < 4.78 is 15.4. The number of benzene rings is 4. The molecule has 0 aromatic heterocycles. The molecule has 0 amide bonds. The Bertz CT molecular complexity index is 1160. The van der Waals surface area contributed by atoms with Gasteiger partial charge >= 0.3 is 0 Å². The standard InChI is InChI=1S/C29H29OP/c1-21-20-22(2)24(4)28(23(21)3)29(25-14-8-5-9-15-25)31(30,26-16-10-6-11-17-26)27-18-12-7-13-19-27/h5-20,29H,1-4H3. The maximum Gasteiger partial charge on any atom is 0.154 e. The monoisotopic (exact) mass is 424 g/mol. The largest absolute Gasteiger partial charge is 0.313 e. The zero-order valence-electron chi connectivity index (χ0n) is 18.7. The normalized spacial score (nSPS) is 12.5. The van der Waals surface area contributed by atoms with Crippen LogP contribution in [-0.4, -0.2) is 0 Å². The van der Waals surface area contributed by atoms with Gasteiger partial charge in [-0.15, -0.1) is 0 Å². The van der Waals surface area contributed by atoms with Gasteiger partial charge < -0.3 is 4.57 Å². The van der Waals surface area contributed by atoms with Crippen LogP contribution in [0.1, 0.15) is 39.0 Å². The maximum atomic E-state index is 15.4. The summed E-state index contributed by atoms with van der Waals surface area (Å²) in [5.41, 5.74) is 6.97. The molecule has 1 atom stereocenters. The van der Waals surface area contributed by atoms with Crippen LogP contribution in [0, 0.1) is 27.7 Å². The first-order valence-corrected chi connectivity index (χ1v) is 12.6. The summed E-state index contributed by atoms with van der Waals surface area (Å²) in [5, 5.41) is 1.79. The van der Waals surface area contributed by atoms with Gasteiger partial charge in [0.05, 0.1) is 5.66 Å². The van der Waals surface area contributed by atoms with Gasteiger partial charge in [0, 0.05) is 10.6 Å². The van der Waals surface area contributed by atoms with Crippen LogP contribution in [0.3, 0.4) is 0 Å². The molecule has 4 rings (SSSR count). The summed E-state index contributed by atoms with van der Waals surface area (Å²) in [7, 11) is -3.07. The zero-order chi connectivity index (χ0) is 22.0. The van der Waals surface area contributed by atoms with Crippen molar-refractivity contribution in [3.8, 4) is 0 Å². The van der Waals surface area contributed by atoms with Crippen LogP contribution in [-0.2, 0) is 4.57 Å². The summed E-state index contributed by atoms with van der Waals surface area (Å²) in [4.78, 5) is 0. The Morgan fingerprint density at radius 2 is 0.968 bits per heavy atom. The van der Waals surface area contributed by atoms with E-state index in [1.807, 2.05) is 66.7 Å². The van der Waals surface area contributed by atoms with Crippen molar-refractivity contribution in [3.63, 3.8) is 0 Å². The molecular weight excluding hydrogens is 395 g/mol. The van der Waals surface area contributed by atoms with Crippen LogP contribution in [0.2, 0.25) is 0 Å². The van der Waals surface area contributed by atoms with Gasteiger partial charge in [-0.1, -0.05) is 97.1 Å². The van der Waals surface area contributed by atoms with Crippen LogP contribution in [0.4, 0.5) is 0 Å². The minimum absolute atomic E-state index is 0.253. The molecule has 0 saturated carbocycles. The fraction of sp³-hybridized carbons (Fsp3) is 0.172. The van der Waals surface area contributed by atoms with Crippen molar-refractivity contribution < 1.29 is 4.57 Å². The molecule has 0 N–H and O–H groups in total. The second kappa shape index (κ2) is 8.69. The lowest BCUT2D eigenvalue weighted by atomic mass is 9.90. The third-order valence-electron chi connectivity index (χ3n) is 6.46. The minimum atomic E-state index is -3.07. The van der Waals surface area contributed by atoms with Crippen molar-refractivity contribution in [3.05, 3.63) is 130 Å². The van der Waals surface area contributed by atoms with E-state index in [0.717, 1.165) is 16.2 Å². The number of hydrogen-bond donors (Lipinski definition) is 0. The van der Waals surface area contributed by atoms with Crippen LogP contribution < -0.4 is 10.6 Å². The van der Waals surface area contributed by atoms with Crippen LogP contribution >= 0.6 is 7.14 Å². The highest BCUT2D eigenvalue weighted by Gasteiger charge is 2.40. The molecule has 0 saturated heterocycles. The maximum absolute atomic E-state index is 15.4. The molecule has 1 nitrogen and oxygen atoms in total. The van der Waals surface area contributed by atoms with Gasteiger partial charge in [-0.2, -0.15) is 0 Å². The van der Waals surface area contributed by atoms with Gasteiger partial charge in [0.1, 0.15) is 0 Å². The molecule has 2 heteroatoms. The van der Waals surface area contributed by atoms with Crippen molar-refractivity contribution in [2.75, 3.05) is 0 Å². The Morgan fingerprint density at radius 3 is 1.39 bits per heavy atom. The number of hydrogen-bond acceptors (Lipinski definition) is 1. The van der Waals surface area contributed by atoms with E-state index in [1.54, 1.807) is 0 Å². The molecule has 31 heavy (non-hydrogen) atoms. The van der Waals surface area contributed by atoms with E-state index >= 15 is 4.57 Å². The van der Waals surface area contributed by atoms with E-state index in [2.05, 4.69) is 58.0 Å². The summed E-state index contributed by atoms with van der Waals surface area (Å²) in [6.45, 7) is 8.66. The number of aryl methyl sites for hydroxylation is 2. The summed E-state index contributed by atoms with van der Waals surface area (Å²) >= 11 is 0. The van der Waals surface area contributed by atoms with Gasteiger partial charge in [0.2, 0.25) is 0 Å². The average Bonchev–Trinajstić information content (AvgIpc) is 2.82. The van der Waals surface area contributed by atoms with E-state index in [9.17, 15) is 0 Å². The Kier molecular flexibility index (Phi) is 5.99. The van der Waals surface area contributed by atoms with E-state index in [0.29, 0.717) is 0 Å². The smallest absolute Gasteiger partial charge is 0.154 e. The summed E-state index contributed by atoms with van der Waals surface area (Å²) in [6, 6.07) is 32.7. The number of rotatable bonds is 5. The predicted octanol–water partition coefficient (Wildman–Crippen LogP) is 7.02. The SMILES string of the molecule is Cc1cc(C)c(C)c(C(c2ccccc2)P(=O)(c2ccccc2)c2ccccc2)c1C. The lowest BCUT2D eigenvalue weighted by Gasteiger charge is -2.33. The van der Waals surface area contributed by atoms with Gasteiger partial charge in [0.15, 0.2) is 7.14 Å². The summed E-state index contributed by atoms with van der Waals surface area (Å²) in [6.07, 6.45) is 0. The van der Waals surface area contributed by atoms with E-state index in [-0.39, 0.29) is 5.66 Å². The quantitative estimate of drug-likeness (QED) is 0.315. The molecule has 0 fully saturated rings. The molecule has 0 aliphatic heterocycles. The molecule has 0 radical (unpaired) electrons. The van der Waals surface area contributed by atoms with Crippen molar-refractivity contribution in [1.82, 2.24) is 0 Å². The predicted molar refractivity (Wildman–Crippen MR) is 133 cm³/mol. The Morgan fingerprint density at radius 1 is 0.581 bits per heavy atom. The minimum Gasteiger partial charge on any atom is -0.313 e. The van der Waals surface area contributed by atoms with Crippen molar-refractivity contribution in [1.29, 1.82) is 0 Å². The second-order valence-corrected chi connectivity index (χ2v) is 11.2. The van der Waals surface area contributed by atoms with Crippen LogP contribution in [0.25, 0.3) is 0 Å². The highest BCUT2D eigenvalue weighted by Crippen LogP contribution is 2.61. The molecule has 1 unspecified atom stereocenters. The van der Waals surface area contributed by atoms with Crippen molar-refractivity contribution in [2.24, 2.45) is 0 Å². The third kappa shape index (κ3) is 3.80. The molecule has 156 valence electrons. The van der Waals surface area contributed by atoms with Crippen LogP contribution in [0.15, 0.2) is 97.1 Å². The fourth-order valence-electron chi connectivity index (χ4n) is 4.60. The molecule has 4 aromatic rings. The van der Waals surface area contributed by atoms with Crippen molar-refractivity contribution in [2.45, 2.75) is 33.4 Å². The third-order valence-corrected chi connectivity index (χ3v) is 9.87. The van der Waals surface area contributed by atoms with Crippen molar-refractivity contribution >= 4 is 17.8 Å². The van der Waals surface area contributed by atoms with Gasteiger partial charge in [-0.05, 0) is 61.1 Å². The topological polar surface area (TPSA) is 17.1 Å². The lowest BCUT2D eigenvalue weighted by Crippen LogP contribution is -2.23. The first-order chi connectivity index (χ1) is 14.9. The second-order valence-electron chi connectivity index (χ2n) is 8.32. The zero-order valence-corrected chi connectivity index (χ0v) is 19.6. The molecule has 0 bridgehead atoms. The Labute approximate surface area is 186 Å². The average molecular weight is 425 g/mol. The fourth-order valence-corrected chi connectivity index (χ4v) is 8.06. The van der Waals surface area contributed by atoms with Gasteiger partial charge in [-0.3, -0.25) is 0 Å². The molecule has 0 aliphatic rings. The molecule has 4 aromatic carbocycles. The lowest BCUT2D eigenvalue weighted by molar-refractivity contribution is 0.582. The molecule has 0 aliphatic carbocycles. The highest BCUT2D eigenvalue weighted by atomic mass is 31.2. The first kappa shape index (κ1) is 21.3. The highest BCUT2D eigenvalue weighted by molar-refractivity contribution is 7.79. The molecular formula is C29H29OP. The van der Waals surface area contributed by atoms with Crippen LogP contribution in [0.5, 0.6) is 0 Å². The van der Waals surface area contributed by atoms with Gasteiger partial charge in [0.25, 0.3) is 0 Å². The molecule has 0 spiro atoms.